The van der Waals surface area contributed by atoms with Gasteiger partial charge in [0.05, 0.1) is 13.7 Å². The fourth-order valence-electron chi connectivity index (χ4n) is 2.82. The van der Waals surface area contributed by atoms with Crippen molar-refractivity contribution in [1.82, 2.24) is 0 Å². The summed E-state index contributed by atoms with van der Waals surface area (Å²) in [5.74, 6) is 0.757. The van der Waals surface area contributed by atoms with Crippen molar-refractivity contribution in [3.8, 4) is 5.75 Å². The molecule has 0 heterocycles. The molecule has 1 aliphatic rings. The Morgan fingerprint density at radius 1 is 1.40 bits per heavy atom. The summed E-state index contributed by atoms with van der Waals surface area (Å²) < 4.78 is 10.3. The molecule has 0 saturated heterocycles. The first-order valence-corrected chi connectivity index (χ1v) is 7.24. The molecule has 1 unspecified atom stereocenters. The van der Waals surface area contributed by atoms with Gasteiger partial charge in [0.15, 0.2) is 0 Å². The van der Waals surface area contributed by atoms with Gasteiger partial charge in [-0.3, -0.25) is 4.79 Å². The van der Waals surface area contributed by atoms with Gasteiger partial charge in [-0.1, -0.05) is 0 Å². The average Bonchev–Trinajstić information content (AvgIpc) is 2.79. The maximum atomic E-state index is 11.4. The summed E-state index contributed by atoms with van der Waals surface area (Å²) in [6, 6.07) is 4.36. The molecule has 1 aromatic rings. The molecule has 1 aliphatic carbocycles. The van der Waals surface area contributed by atoms with E-state index in [0.717, 1.165) is 31.4 Å². The van der Waals surface area contributed by atoms with Crippen molar-refractivity contribution in [1.29, 1.82) is 0 Å². The summed E-state index contributed by atoms with van der Waals surface area (Å²) in [4.78, 5) is 11.4. The first-order chi connectivity index (χ1) is 9.63. The first kappa shape index (κ1) is 14.9. The zero-order valence-corrected chi connectivity index (χ0v) is 12.3. The van der Waals surface area contributed by atoms with Gasteiger partial charge in [-0.05, 0) is 61.4 Å². The van der Waals surface area contributed by atoms with Crippen LogP contribution in [0.15, 0.2) is 12.1 Å². The van der Waals surface area contributed by atoms with E-state index in [0.29, 0.717) is 13.0 Å². The zero-order valence-electron chi connectivity index (χ0n) is 12.3. The highest BCUT2D eigenvalue weighted by molar-refractivity contribution is 5.69. The van der Waals surface area contributed by atoms with Crippen molar-refractivity contribution in [2.45, 2.75) is 45.1 Å². The smallest absolute Gasteiger partial charge is 0.305 e. The summed E-state index contributed by atoms with van der Waals surface area (Å²) in [5.41, 5.74) is 9.95. The lowest BCUT2D eigenvalue weighted by Gasteiger charge is -2.11. The third-order valence-corrected chi connectivity index (χ3v) is 3.72. The fraction of sp³-hybridized carbons (Fsp3) is 0.562. The van der Waals surface area contributed by atoms with E-state index in [1.54, 1.807) is 7.11 Å². The Morgan fingerprint density at radius 2 is 2.20 bits per heavy atom. The highest BCUT2D eigenvalue weighted by atomic mass is 16.5. The standard InChI is InChI=1S/C16H23NO3/c1-3-20-16(18)6-4-5-11-8-14(19-2)9-12-7-13(17)10-15(11)12/h8-9,13H,3-7,10,17H2,1-2H3. The summed E-state index contributed by atoms with van der Waals surface area (Å²) in [7, 11) is 1.68. The molecule has 4 nitrogen and oxygen atoms in total. The van der Waals surface area contributed by atoms with Gasteiger partial charge in [-0.25, -0.2) is 0 Å². The molecule has 1 aromatic carbocycles. The van der Waals surface area contributed by atoms with Crippen molar-refractivity contribution in [3.05, 3.63) is 28.8 Å². The number of esters is 1. The quantitative estimate of drug-likeness (QED) is 0.808. The van der Waals surface area contributed by atoms with Gasteiger partial charge < -0.3 is 15.2 Å². The van der Waals surface area contributed by atoms with E-state index in [-0.39, 0.29) is 12.0 Å². The van der Waals surface area contributed by atoms with Crippen LogP contribution < -0.4 is 10.5 Å². The number of fused-ring (bicyclic) bond motifs is 1. The highest BCUT2D eigenvalue weighted by Crippen LogP contribution is 2.30. The minimum absolute atomic E-state index is 0.122. The Balaban J connectivity index is 2.04. The Bertz CT molecular complexity index is 485. The van der Waals surface area contributed by atoms with Crippen molar-refractivity contribution in [2.75, 3.05) is 13.7 Å². The van der Waals surface area contributed by atoms with Crippen LogP contribution in [0, 0.1) is 0 Å². The largest absolute Gasteiger partial charge is 0.497 e. The molecule has 0 amide bonds. The monoisotopic (exact) mass is 277 g/mol. The van der Waals surface area contributed by atoms with Gasteiger partial charge in [-0.2, -0.15) is 0 Å². The number of nitrogens with two attached hydrogens (primary N) is 1. The van der Waals surface area contributed by atoms with Crippen LogP contribution >= 0.6 is 0 Å². The van der Waals surface area contributed by atoms with E-state index in [1.807, 2.05) is 6.92 Å². The Hall–Kier alpha value is -1.55. The van der Waals surface area contributed by atoms with Gasteiger partial charge in [0, 0.05) is 12.5 Å². The number of hydrogen-bond donors (Lipinski definition) is 1. The maximum absolute atomic E-state index is 11.4. The number of carbonyl (C=O) groups is 1. The van der Waals surface area contributed by atoms with Crippen LogP contribution in [0.5, 0.6) is 5.75 Å². The molecular formula is C16H23NO3. The summed E-state index contributed by atoms with van der Waals surface area (Å²) in [5, 5.41) is 0. The predicted octanol–water partition coefficient (Wildman–Crippen LogP) is 2.01. The second-order valence-corrected chi connectivity index (χ2v) is 5.25. The Morgan fingerprint density at radius 3 is 2.90 bits per heavy atom. The van der Waals surface area contributed by atoms with Crippen LogP contribution in [0.1, 0.15) is 36.5 Å². The first-order valence-electron chi connectivity index (χ1n) is 7.24. The van der Waals surface area contributed by atoms with Crippen molar-refractivity contribution < 1.29 is 14.3 Å². The third-order valence-electron chi connectivity index (χ3n) is 3.72. The van der Waals surface area contributed by atoms with Gasteiger partial charge in [-0.15, -0.1) is 0 Å². The van der Waals surface area contributed by atoms with Crippen LogP contribution in [0.3, 0.4) is 0 Å². The van der Waals surface area contributed by atoms with Crippen LogP contribution in [0.2, 0.25) is 0 Å². The number of hydrogen-bond acceptors (Lipinski definition) is 4. The fourth-order valence-corrected chi connectivity index (χ4v) is 2.82. The lowest BCUT2D eigenvalue weighted by Crippen LogP contribution is -2.19. The SMILES string of the molecule is CCOC(=O)CCCc1cc(OC)cc2c1CC(N)C2. The third kappa shape index (κ3) is 3.51. The lowest BCUT2D eigenvalue weighted by atomic mass is 9.98. The van der Waals surface area contributed by atoms with Crippen LogP contribution in [0.25, 0.3) is 0 Å². The van der Waals surface area contributed by atoms with E-state index < -0.39 is 0 Å². The molecule has 110 valence electrons. The zero-order chi connectivity index (χ0) is 14.5. The second-order valence-electron chi connectivity index (χ2n) is 5.25. The number of ether oxygens (including phenoxy) is 2. The summed E-state index contributed by atoms with van der Waals surface area (Å²) in [6.45, 7) is 2.27. The maximum Gasteiger partial charge on any atom is 0.305 e. The van der Waals surface area contributed by atoms with Gasteiger partial charge >= 0.3 is 5.97 Å². The van der Waals surface area contributed by atoms with Crippen molar-refractivity contribution in [2.24, 2.45) is 5.73 Å². The molecule has 4 heteroatoms. The average molecular weight is 277 g/mol. The minimum atomic E-state index is -0.122. The van der Waals surface area contributed by atoms with Gasteiger partial charge in [0.2, 0.25) is 0 Å². The Kier molecular flexibility index (Phi) is 5.01. The number of methoxy groups -OCH3 is 1. The number of rotatable bonds is 6. The molecule has 20 heavy (non-hydrogen) atoms. The number of carbonyl (C=O) groups excluding carboxylic acids is 1. The van der Waals surface area contributed by atoms with E-state index in [4.69, 9.17) is 15.2 Å². The van der Waals surface area contributed by atoms with Gasteiger partial charge in [0.1, 0.15) is 5.75 Å². The second kappa shape index (κ2) is 6.75. The lowest BCUT2D eigenvalue weighted by molar-refractivity contribution is -0.143. The van der Waals surface area contributed by atoms with E-state index in [9.17, 15) is 4.79 Å². The topological polar surface area (TPSA) is 61.5 Å². The molecule has 2 N–H and O–H groups in total. The van der Waals surface area contributed by atoms with Crippen LogP contribution in [0.4, 0.5) is 0 Å². The van der Waals surface area contributed by atoms with E-state index in [2.05, 4.69) is 12.1 Å². The molecule has 0 aromatic heterocycles. The minimum Gasteiger partial charge on any atom is -0.497 e. The summed E-state index contributed by atoms with van der Waals surface area (Å²) >= 11 is 0. The predicted molar refractivity (Wildman–Crippen MR) is 77.9 cm³/mol. The summed E-state index contributed by atoms with van der Waals surface area (Å²) in [6.07, 6.45) is 3.97. The molecular weight excluding hydrogens is 254 g/mol. The molecule has 0 fully saturated rings. The molecule has 2 rings (SSSR count). The molecule has 0 spiro atoms. The number of aryl methyl sites for hydroxylation is 1. The molecule has 1 atom stereocenters. The molecule has 0 aliphatic heterocycles. The van der Waals surface area contributed by atoms with Crippen LogP contribution in [-0.4, -0.2) is 25.7 Å². The Labute approximate surface area is 120 Å². The van der Waals surface area contributed by atoms with Crippen molar-refractivity contribution in [3.63, 3.8) is 0 Å². The van der Waals surface area contributed by atoms with Gasteiger partial charge in [0.25, 0.3) is 0 Å². The highest BCUT2D eigenvalue weighted by Gasteiger charge is 2.22. The van der Waals surface area contributed by atoms with E-state index >= 15 is 0 Å². The molecule has 0 radical (unpaired) electrons. The number of benzene rings is 1. The molecule has 0 bridgehead atoms. The van der Waals surface area contributed by atoms with Crippen LogP contribution in [-0.2, 0) is 28.8 Å². The molecule has 0 saturated carbocycles. The van der Waals surface area contributed by atoms with Crippen molar-refractivity contribution >= 4 is 5.97 Å². The van der Waals surface area contributed by atoms with E-state index in [1.165, 1.54) is 16.7 Å². The normalized spacial score (nSPS) is 16.9.